The number of carbonyl (C=O) groups is 1. The molecule has 15 heavy (non-hydrogen) atoms. The van der Waals surface area contributed by atoms with Gasteiger partial charge in [0, 0.05) is 25.3 Å². The Labute approximate surface area is 94.7 Å². The van der Waals surface area contributed by atoms with Crippen molar-refractivity contribution in [3.63, 3.8) is 0 Å². The van der Waals surface area contributed by atoms with Crippen molar-refractivity contribution in [1.82, 2.24) is 9.78 Å². The van der Waals surface area contributed by atoms with Crippen LogP contribution in [-0.4, -0.2) is 27.5 Å². The monoisotopic (exact) mass is 225 g/mol. The van der Waals surface area contributed by atoms with E-state index in [0.29, 0.717) is 13.0 Å². The number of hydrogen-bond donors (Lipinski definition) is 1. The maximum Gasteiger partial charge on any atom is 0.228 e. The lowest BCUT2D eigenvalue weighted by molar-refractivity contribution is -0.117. The number of carbonyl (C=O) groups excluding carboxylic acids is 1. The third kappa shape index (κ3) is 1.65. The molecule has 1 aliphatic heterocycles. The molecule has 0 aliphatic carbocycles. The minimum atomic E-state index is 0.147. The van der Waals surface area contributed by atoms with Crippen molar-refractivity contribution >= 4 is 24.2 Å². The third-order valence-corrected chi connectivity index (χ3v) is 3.19. The number of hydrogen-bond acceptors (Lipinski definition) is 3. The second kappa shape index (κ2) is 3.56. The molecule has 1 unspecified atom stereocenters. The molecular weight excluding hydrogens is 210 g/mol. The number of thiol groups is 1. The number of anilines is 1. The van der Waals surface area contributed by atoms with Crippen LogP contribution < -0.4 is 4.90 Å². The van der Waals surface area contributed by atoms with Crippen LogP contribution in [0.15, 0.2) is 0 Å². The molecule has 82 valence electrons. The first-order valence-electron chi connectivity index (χ1n) is 4.99. The van der Waals surface area contributed by atoms with Gasteiger partial charge in [0.2, 0.25) is 5.91 Å². The van der Waals surface area contributed by atoms with Crippen LogP contribution in [-0.2, 0) is 11.8 Å². The average molecular weight is 225 g/mol. The van der Waals surface area contributed by atoms with Gasteiger partial charge in [-0.15, -0.1) is 0 Å². The van der Waals surface area contributed by atoms with Crippen LogP contribution in [0.3, 0.4) is 0 Å². The van der Waals surface area contributed by atoms with E-state index in [9.17, 15) is 4.79 Å². The quantitative estimate of drug-likeness (QED) is 0.726. The van der Waals surface area contributed by atoms with Gasteiger partial charge in [0.15, 0.2) is 0 Å². The van der Waals surface area contributed by atoms with Gasteiger partial charge in [-0.2, -0.15) is 17.7 Å². The number of aryl methyl sites for hydroxylation is 2. The summed E-state index contributed by atoms with van der Waals surface area (Å²) in [5.41, 5.74) is 2.90. The van der Waals surface area contributed by atoms with Gasteiger partial charge in [0.1, 0.15) is 0 Å². The standard InChI is InChI=1S/C10H15N3OS/c1-6-10(7(2)12(3)11-6)13-5-8(15)4-9(13)14/h8,15H,4-5H2,1-3H3. The molecule has 5 heteroatoms. The van der Waals surface area contributed by atoms with E-state index >= 15 is 0 Å². The maximum absolute atomic E-state index is 11.7. The van der Waals surface area contributed by atoms with E-state index in [0.717, 1.165) is 17.1 Å². The molecule has 0 radical (unpaired) electrons. The van der Waals surface area contributed by atoms with E-state index in [4.69, 9.17) is 0 Å². The van der Waals surface area contributed by atoms with Crippen molar-refractivity contribution in [2.45, 2.75) is 25.5 Å². The van der Waals surface area contributed by atoms with Crippen molar-refractivity contribution in [3.8, 4) is 0 Å². The second-order valence-electron chi connectivity index (χ2n) is 4.01. The van der Waals surface area contributed by atoms with Crippen LogP contribution in [0, 0.1) is 13.8 Å². The van der Waals surface area contributed by atoms with Crippen molar-refractivity contribution in [2.24, 2.45) is 7.05 Å². The molecular formula is C10H15N3OS. The number of nitrogens with zero attached hydrogens (tertiary/aromatic N) is 3. The number of aromatic nitrogens is 2. The molecule has 1 saturated heterocycles. The summed E-state index contributed by atoms with van der Waals surface area (Å²) in [5.74, 6) is 0.147. The molecule has 0 saturated carbocycles. The van der Waals surface area contributed by atoms with E-state index < -0.39 is 0 Å². The molecule has 1 aliphatic rings. The zero-order chi connectivity index (χ0) is 11.2. The van der Waals surface area contributed by atoms with Crippen molar-refractivity contribution in [1.29, 1.82) is 0 Å². The summed E-state index contributed by atoms with van der Waals surface area (Å²) in [5, 5.41) is 4.46. The van der Waals surface area contributed by atoms with Gasteiger partial charge in [0.25, 0.3) is 0 Å². The third-order valence-electron chi connectivity index (χ3n) is 2.85. The largest absolute Gasteiger partial charge is 0.308 e. The molecule has 4 nitrogen and oxygen atoms in total. The molecule has 1 atom stereocenters. The van der Waals surface area contributed by atoms with Gasteiger partial charge in [-0.05, 0) is 13.8 Å². The zero-order valence-electron chi connectivity index (χ0n) is 9.19. The van der Waals surface area contributed by atoms with Crippen LogP contribution in [0.4, 0.5) is 5.69 Å². The summed E-state index contributed by atoms with van der Waals surface area (Å²) in [6.45, 7) is 4.60. The Morgan fingerprint density at radius 1 is 1.47 bits per heavy atom. The highest BCUT2D eigenvalue weighted by molar-refractivity contribution is 7.81. The highest BCUT2D eigenvalue weighted by atomic mass is 32.1. The molecule has 2 rings (SSSR count). The first kappa shape index (κ1) is 10.5. The topological polar surface area (TPSA) is 38.1 Å². The molecule has 0 spiro atoms. The summed E-state index contributed by atoms with van der Waals surface area (Å²) in [4.78, 5) is 13.5. The molecule has 1 aromatic rings. The van der Waals surface area contributed by atoms with Crippen molar-refractivity contribution in [3.05, 3.63) is 11.4 Å². The van der Waals surface area contributed by atoms with Crippen LogP contribution >= 0.6 is 12.6 Å². The van der Waals surface area contributed by atoms with E-state index in [2.05, 4.69) is 17.7 Å². The van der Waals surface area contributed by atoms with Gasteiger partial charge in [0.05, 0.1) is 17.1 Å². The lowest BCUT2D eigenvalue weighted by Gasteiger charge is -2.16. The van der Waals surface area contributed by atoms with Gasteiger partial charge >= 0.3 is 0 Å². The van der Waals surface area contributed by atoms with Crippen molar-refractivity contribution in [2.75, 3.05) is 11.4 Å². The zero-order valence-corrected chi connectivity index (χ0v) is 10.1. The van der Waals surface area contributed by atoms with Crippen LogP contribution in [0.25, 0.3) is 0 Å². The van der Waals surface area contributed by atoms with Gasteiger partial charge < -0.3 is 4.90 Å². The minimum absolute atomic E-state index is 0.147. The molecule has 0 aromatic carbocycles. The number of amides is 1. The second-order valence-corrected chi connectivity index (χ2v) is 4.74. The fourth-order valence-electron chi connectivity index (χ4n) is 2.06. The van der Waals surface area contributed by atoms with Crippen LogP contribution in [0.5, 0.6) is 0 Å². The van der Waals surface area contributed by atoms with E-state index in [1.165, 1.54) is 0 Å². The smallest absolute Gasteiger partial charge is 0.228 e. The highest BCUT2D eigenvalue weighted by Gasteiger charge is 2.31. The maximum atomic E-state index is 11.7. The Kier molecular flexibility index (Phi) is 2.50. The van der Waals surface area contributed by atoms with Gasteiger partial charge in [-0.25, -0.2) is 0 Å². The first-order valence-corrected chi connectivity index (χ1v) is 5.51. The Morgan fingerprint density at radius 3 is 2.53 bits per heavy atom. The predicted octanol–water partition coefficient (Wildman–Crippen LogP) is 1.07. The fourth-order valence-corrected chi connectivity index (χ4v) is 2.38. The Balaban J connectivity index is 2.41. The van der Waals surface area contributed by atoms with E-state index in [1.54, 1.807) is 4.90 Å². The normalized spacial score (nSPS) is 21.5. The Hall–Kier alpha value is -0.970. The Morgan fingerprint density at radius 2 is 2.13 bits per heavy atom. The van der Waals surface area contributed by atoms with Crippen LogP contribution in [0.1, 0.15) is 17.8 Å². The van der Waals surface area contributed by atoms with Crippen molar-refractivity contribution < 1.29 is 4.79 Å². The number of rotatable bonds is 1. The first-order chi connectivity index (χ1) is 7.00. The predicted molar refractivity (Wildman–Crippen MR) is 62.4 cm³/mol. The summed E-state index contributed by atoms with van der Waals surface area (Å²) >= 11 is 4.35. The summed E-state index contributed by atoms with van der Waals surface area (Å²) < 4.78 is 1.81. The van der Waals surface area contributed by atoms with Gasteiger partial charge in [-0.3, -0.25) is 9.48 Å². The fraction of sp³-hybridized carbons (Fsp3) is 0.600. The lowest BCUT2D eigenvalue weighted by atomic mass is 10.3. The average Bonchev–Trinajstić information content (AvgIpc) is 2.56. The lowest BCUT2D eigenvalue weighted by Crippen LogP contribution is -2.25. The van der Waals surface area contributed by atoms with Gasteiger partial charge in [-0.1, -0.05) is 0 Å². The van der Waals surface area contributed by atoms with Crippen LogP contribution in [0.2, 0.25) is 0 Å². The van der Waals surface area contributed by atoms with E-state index in [-0.39, 0.29) is 11.2 Å². The molecule has 1 aromatic heterocycles. The molecule has 0 bridgehead atoms. The molecule has 2 heterocycles. The summed E-state index contributed by atoms with van der Waals surface area (Å²) in [6, 6.07) is 0. The summed E-state index contributed by atoms with van der Waals surface area (Å²) in [6.07, 6.45) is 0.525. The molecule has 1 fully saturated rings. The Bertz CT molecular complexity index is 413. The molecule has 1 amide bonds. The SMILES string of the molecule is Cc1nn(C)c(C)c1N1CC(S)CC1=O. The van der Waals surface area contributed by atoms with E-state index in [1.807, 2.05) is 25.6 Å². The minimum Gasteiger partial charge on any atom is -0.308 e. The molecule has 0 N–H and O–H groups in total. The summed E-state index contributed by atoms with van der Waals surface area (Å²) in [7, 11) is 1.89. The highest BCUT2D eigenvalue weighted by Crippen LogP contribution is 2.29.